The van der Waals surface area contributed by atoms with Crippen molar-refractivity contribution in [3.05, 3.63) is 65.7 Å². The molecule has 3 N–H and O–H groups in total. The van der Waals surface area contributed by atoms with E-state index in [0.29, 0.717) is 5.96 Å². The van der Waals surface area contributed by atoms with Crippen molar-refractivity contribution in [2.24, 2.45) is 10.7 Å². The van der Waals surface area contributed by atoms with Crippen molar-refractivity contribution in [3.8, 4) is 0 Å². The van der Waals surface area contributed by atoms with Gasteiger partial charge in [0, 0.05) is 31.9 Å². The Bertz CT molecular complexity index is 657. The SMILES string of the molecule is I.NC(=NCCCN1CCc2ccccc2C1)Nc1ccccc1. The Morgan fingerprint density at radius 3 is 2.54 bits per heavy atom. The quantitative estimate of drug-likeness (QED) is 0.327. The molecule has 2 aromatic rings. The second kappa shape index (κ2) is 9.64. The van der Waals surface area contributed by atoms with Crippen molar-refractivity contribution in [2.75, 3.05) is 25.0 Å². The summed E-state index contributed by atoms with van der Waals surface area (Å²) in [6, 6.07) is 18.6. The average molecular weight is 436 g/mol. The lowest BCUT2D eigenvalue weighted by Crippen LogP contribution is -2.31. The molecule has 0 atom stereocenters. The number of nitrogens with one attached hydrogen (secondary N) is 1. The van der Waals surface area contributed by atoms with Gasteiger partial charge in [-0.15, -0.1) is 24.0 Å². The van der Waals surface area contributed by atoms with Crippen LogP contribution in [0.5, 0.6) is 0 Å². The molecule has 0 radical (unpaired) electrons. The van der Waals surface area contributed by atoms with Crippen LogP contribution in [0.3, 0.4) is 0 Å². The van der Waals surface area contributed by atoms with Crippen LogP contribution in [0, 0.1) is 0 Å². The first-order chi connectivity index (χ1) is 11.3. The lowest BCUT2D eigenvalue weighted by molar-refractivity contribution is 0.253. The number of guanidine groups is 1. The van der Waals surface area contributed by atoms with Gasteiger partial charge in [-0.1, -0.05) is 42.5 Å². The van der Waals surface area contributed by atoms with Crippen LogP contribution in [-0.2, 0) is 13.0 Å². The number of aliphatic imine (C=N–C) groups is 1. The van der Waals surface area contributed by atoms with Gasteiger partial charge in [0.05, 0.1) is 0 Å². The van der Waals surface area contributed by atoms with Gasteiger partial charge in [-0.25, -0.2) is 0 Å². The van der Waals surface area contributed by atoms with Crippen molar-refractivity contribution in [3.63, 3.8) is 0 Å². The summed E-state index contributed by atoms with van der Waals surface area (Å²) in [6.45, 7) is 4.01. The lowest BCUT2D eigenvalue weighted by Gasteiger charge is -2.28. The number of benzene rings is 2. The van der Waals surface area contributed by atoms with E-state index in [2.05, 4.69) is 39.5 Å². The zero-order valence-electron chi connectivity index (χ0n) is 13.8. The summed E-state index contributed by atoms with van der Waals surface area (Å²) >= 11 is 0. The molecule has 0 unspecified atom stereocenters. The summed E-state index contributed by atoms with van der Waals surface area (Å²) in [4.78, 5) is 6.90. The van der Waals surface area contributed by atoms with Crippen molar-refractivity contribution in [1.29, 1.82) is 0 Å². The minimum Gasteiger partial charge on any atom is -0.370 e. The molecule has 24 heavy (non-hydrogen) atoms. The van der Waals surface area contributed by atoms with E-state index in [9.17, 15) is 0 Å². The van der Waals surface area contributed by atoms with E-state index in [1.165, 1.54) is 11.1 Å². The number of hydrogen-bond acceptors (Lipinski definition) is 2. The van der Waals surface area contributed by atoms with E-state index in [0.717, 1.165) is 44.7 Å². The fourth-order valence-electron chi connectivity index (χ4n) is 2.95. The lowest BCUT2D eigenvalue weighted by atomic mass is 10.00. The first-order valence-corrected chi connectivity index (χ1v) is 8.22. The zero-order valence-corrected chi connectivity index (χ0v) is 16.1. The van der Waals surface area contributed by atoms with Crippen LogP contribution in [-0.4, -0.2) is 30.5 Å². The Hall–Kier alpha value is -1.60. The molecule has 3 rings (SSSR count). The van der Waals surface area contributed by atoms with Crippen molar-refractivity contribution in [1.82, 2.24) is 4.90 Å². The van der Waals surface area contributed by atoms with Gasteiger partial charge >= 0.3 is 0 Å². The van der Waals surface area contributed by atoms with Gasteiger partial charge in [-0.05, 0) is 36.1 Å². The second-order valence-corrected chi connectivity index (χ2v) is 5.91. The molecule has 0 fully saturated rings. The number of rotatable bonds is 5. The summed E-state index contributed by atoms with van der Waals surface area (Å²) in [7, 11) is 0. The van der Waals surface area contributed by atoms with Gasteiger partial charge in [0.15, 0.2) is 5.96 Å². The normalized spacial score (nSPS) is 14.6. The highest BCUT2D eigenvalue weighted by Crippen LogP contribution is 2.18. The van der Waals surface area contributed by atoms with E-state index in [4.69, 9.17) is 5.73 Å². The van der Waals surface area contributed by atoms with E-state index in [1.54, 1.807) is 0 Å². The highest BCUT2D eigenvalue weighted by atomic mass is 127. The van der Waals surface area contributed by atoms with Crippen molar-refractivity contribution >= 4 is 35.6 Å². The van der Waals surface area contributed by atoms with Gasteiger partial charge in [0.1, 0.15) is 0 Å². The van der Waals surface area contributed by atoms with Gasteiger partial charge < -0.3 is 11.1 Å². The topological polar surface area (TPSA) is 53.6 Å². The van der Waals surface area contributed by atoms with E-state index in [-0.39, 0.29) is 24.0 Å². The van der Waals surface area contributed by atoms with Gasteiger partial charge in [-0.3, -0.25) is 9.89 Å². The first-order valence-electron chi connectivity index (χ1n) is 8.22. The van der Waals surface area contributed by atoms with Gasteiger partial charge in [0.2, 0.25) is 0 Å². The standard InChI is InChI=1S/C19H24N4.HI/c20-19(22-18-9-2-1-3-10-18)21-12-6-13-23-14-11-16-7-4-5-8-17(16)15-23;/h1-5,7-10H,6,11-15H2,(H3,20,21,22);1H. The largest absolute Gasteiger partial charge is 0.370 e. The van der Waals surface area contributed by atoms with E-state index in [1.807, 2.05) is 30.3 Å². The fraction of sp³-hybridized carbons (Fsp3) is 0.316. The molecule has 1 heterocycles. The monoisotopic (exact) mass is 436 g/mol. The van der Waals surface area contributed by atoms with Crippen LogP contribution in [0.15, 0.2) is 59.6 Å². The third-order valence-electron chi connectivity index (χ3n) is 4.17. The Kier molecular flexibility index (Phi) is 7.52. The zero-order chi connectivity index (χ0) is 15.9. The average Bonchev–Trinajstić information content (AvgIpc) is 2.59. The van der Waals surface area contributed by atoms with Crippen LogP contribution in [0.2, 0.25) is 0 Å². The highest BCUT2D eigenvalue weighted by Gasteiger charge is 2.14. The third kappa shape index (κ3) is 5.49. The molecule has 128 valence electrons. The molecule has 0 saturated heterocycles. The van der Waals surface area contributed by atoms with Crippen LogP contribution in [0.25, 0.3) is 0 Å². The molecular formula is C19H25IN4. The first kappa shape index (κ1) is 18.7. The van der Waals surface area contributed by atoms with E-state index < -0.39 is 0 Å². The number of hydrogen-bond donors (Lipinski definition) is 2. The Balaban J connectivity index is 0.00000208. The molecule has 1 aliphatic heterocycles. The number of halogens is 1. The number of nitrogens with two attached hydrogens (primary N) is 1. The maximum atomic E-state index is 5.91. The molecule has 0 bridgehead atoms. The summed E-state index contributed by atoms with van der Waals surface area (Å²) in [6.07, 6.45) is 2.18. The van der Waals surface area contributed by atoms with Crippen LogP contribution < -0.4 is 11.1 Å². The Labute approximate surface area is 161 Å². The third-order valence-corrected chi connectivity index (χ3v) is 4.17. The summed E-state index contributed by atoms with van der Waals surface area (Å²) < 4.78 is 0. The van der Waals surface area contributed by atoms with Crippen LogP contribution in [0.4, 0.5) is 5.69 Å². The van der Waals surface area contributed by atoms with Gasteiger partial charge in [-0.2, -0.15) is 0 Å². The maximum Gasteiger partial charge on any atom is 0.193 e. The Morgan fingerprint density at radius 1 is 1.04 bits per heavy atom. The smallest absolute Gasteiger partial charge is 0.193 e. The number of para-hydroxylation sites is 1. The van der Waals surface area contributed by atoms with Crippen molar-refractivity contribution in [2.45, 2.75) is 19.4 Å². The number of nitrogens with zero attached hydrogens (tertiary/aromatic N) is 2. The summed E-state index contributed by atoms with van der Waals surface area (Å²) in [5.74, 6) is 0.486. The second-order valence-electron chi connectivity index (χ2n) is 5.91. The molecule has 1 aliphatic rings. The minimum atomic E-state index is 0. The highest BCUT2D eigenvalue weighted by molar-refractivity contribution is 14.0. The summed E-state index contributed by atoms with van der Waals surface area (Å²) in [5.41, 5.74) is 9.85. The van der Waals surface area contributed by atoms with Crippen LogP contribution >= 0.6 is 24.0 Å². The minimum absolute atomic E-state index is 0. The van der Waals surface area contributed by atoms with Crippen LogP contribution in [0.1, 0.15) is 17.5 Å². The summed E-state index contributed by atoms with van der Waals surface area (Å²) in [5, 5.41) is 3.11. The number of anilines is 1. The molecule has 0 saturated carbocycles. The molecule has 0 amide bonds. The molecule has 0 aliphatic carbocycles. The number of fused-ring (bicyclic) bond motifs is 1. The molecule has 4 nitrogen and oxygen atoms in total. The molecule has 2 aromatic carbocycles. The molecule has 5 heteroatoms. The Morgan fingerprint density at radius 2 is 1.75 bits per heavy atom. The van der Waals surface area contributed by atoms with E-state index >= 15 is 0 Å². The fourth-order valence-corrected chi connectivity index (χ4v) is 2.95. The molecular weight excluding hydrogens is 411 g/mol. The molecule has 0 aromatic heterocycles. The molecule has 0 spiro atoms. The predicted molar refractivity (Wildman–Crippen MR) is 112 cm³/mol. The van der Waals surface area contributed by atoms with Crippen molar-refractivity contribution < 1.29 is 0 Å². The maximum absolute atomic E-state index is 5.91. The predicted octanol–water partition coefficient (Wildman–Crippen LogP) is 3.48. The van der Waals surface area contributed by atoms with Gasteiger partial charge in [0.25, 0.3) is 0 Å².